The predicted octanol–water partition coefficient (Wildman–Crippen LogP) is 1.75. The van der Waals surface area contributed by atoms with E-state index >= 15 is 0 Å². The van der Waals surface area contributed by atoms with E-state index in [9.17, 15) is 9.18 Å². The third-order valence-corrected chi connectivity index (χ3v) is 3.13. The van der Waals surface area contributed by atoms with E-state index in [4.69, 9.17) is 10.5 Å². The summed E-state index contributed by atoms with van der Waals surface area (Å²) in [7, 11) is 0. The summed E-state index contributed by atoms with van der Waals surface area (Å²) in [5.41, 5.74) is 6.35. The van der Waals surface area contributed by atoms with E-state index < -0.39 is 5.82 Å². The number of nitrogens with two attached hydrogens (primary N) is 1. The topological polar surface area (TPSA) is 64.3 Å². The van der Waals surface area contributed by atoms with E-state index in [0.717, 1.165) is 0 Å². The Morgan fingerprint density at radius 1 is 1.58 bits per heavy atom. The van der Waals surface area contributed by atoms with Crippen molar-refractivity contribution >= 4 is 5.91 Å². The first-order valence-corrected chi connectivity index (χ1v) is 6.51. The molecule has 2 rings (SSSR count). The van der Waals surface area contributed by atoms with E-state index in [1.165, 1.54) is 25.0 Å². The molecule has 1 saturated carbocycles. The molecule has 0 unspecified atom stereocenters. The molecule has 104 valence electrons. The number of rotatable bonds is 6. The Morgan fingerprint density at radius 2 is 2.32 bits per heavy atom. The van der Waals surface area contributed by atoms with E-state index in [-0.39, 0.29) is 24.3 Å². The Labute approximate surface area is 112 Å². The van der Waals surface area contributed by atoms with Crippen molar-refractivity contribution in [2.24, 2.45) is 11.7 Å². The molecule has 0 aromatic heterocycles. The van der Waals surface area contributed by atoms with Gasteiger partial charge in [0.1, 0.15) is 0 Å². The monoisotopic (exact) mass is 266 g/mol. The highest BCUT2D eigenvalue weighted by atomic mass is 19.1. The van der Waals surface area contributed by atoms with Crippen LogP contribution in [0.2, 0.25) is 0 Å². The normalized spacial score (nSPS) is 15.9. The van der Waals surface area contributed by atoms with Gasteiger partial charge in [0, 0.05) is 12.6 Å². The molecule has 0 spiro atoms. The minimum absolute atomic E-state index is 0.0750. The molecule has 0 radical (unpaired) electrons. The third-order valence-electron chi connectivity index (χ3n) is 3.13. The largest absolute Gasteiger partial charge is 0.481 e. The molecule has 0 bridgehead atoms. The molecular formula is C14H19FN2O2. The molecule has 3 N–H and O–H groups in total. The number of carbonyl (C=O) groups excluding carboxylic acids is 1. The van der Waals surface area contributed by atoms with Gasteiger partial charge in [-0.05, 0) is 43.4 Å². The second-order valence-corrected chi connectivity index (χ2v) is 5.01. The first kappa shape index (κ1) is 13.8. The second-order valence-electron chi connectivity index (χ2n) is 5.01. The van der Waals surface area contributed by atoms with Crippen molar-refractivity contribution in [3.05, 3.63) is 29.6 Å². The lowest BCUT2D eigenvalue weighted by atomic mass is 10.1. The molecule has 0 saturated heterocycles. The zero-order chi connectivity index (χ0) is 13.8. The van der Waals surface area contributed by atoms with Gasteiger partial charge >= 0.3 is 0 Å². The molecule has 1 aromatic rings. The summed E-state index contributed by atoms with van der Waals surface area (Å²) in [6.07, 6.45) is 2.35. The predicted molar refractivity (Wildman–Crippen MR) is 70.2 cm³/mol. The number of amides is 1. The highest BCUT2D eigenvalue weighted by Crippen LogP contribution is 2.27. The van der Waals surface area contributed by atoms with Crippen LogP contribution in [0.1, 0.15) is 31.4 Å². The van der Waals surface area contributed by atoms with Gasteiger partial charge in [-0.2, -0.15) is 0 Å². The van der Waals surface area contributed by atoms with E-state index in [1.54, 1.807) is 13.0 Å². The molecule has 1 aliphatic rings. The molecule has 1 aliphatic carbocycles. The zero-order valence-electron chi connectivity index (χ0n) is 11.0. The van der Waals surface area contributed by atoms with Gasteiger partial charge in [-0.15, -0.1) is 0 Å². The van der Waals surface area contributed by atoms with Crippen molar-refractivity contribution < 1.29 is 13.9 Å². The van der Waals surface area contributed by atoms with E-state index in [0.29, 0.717) is 18.0 Å². The minimum Gasteiger partial charge on any atom is -0.481 e. The van der Waals surface area contributed by atoms with Gasteiger partial charge in [0.25, 0.3) is 5.91 Å². The van der Waals surface area contributed by atoms with Crippen molar-refractivity contribution in [2.75, 3.05) is 13.2 Å². The van der Waals surface area contributed by atoms with Crippen LogP contribution in [-0.4, -0.2) is 19.1 Å². The number of hydrogen-bond acceptors (Lipinski definition) is 3. The van der Waals surface area contributed by atoms with Crippen LogP contribution in [-0.2, 0) is 4.79 Å². The van der Waals surface area contributed by atoms with Gasteiger partial charge in [-0.1, -0.05) is 6.07 Å². The zero-order valence-corrected chi connectivity index (χ0v) is 11.0. The maximum atomic E-state index is 13.7. The lowest BCUT2D eigenvalue weighted by Gasteiger charge is -2.10. The van der Waals surface area contributed by atoms with Crippen LogP contribution >= 0.6 is 0 Å². The highest BCUT2D eigenvalue weighted by Gasteiger charge is 2.21. The van der Waals surface area contributed by atoms with Gasteiger partial charge in [0.15, 0.2) is 18.2 Å². The summed E-state index contributed by atoms with van der Waals surface area (Å²) in [5, 5.41) is 2.76. The molecule has 4 nitrogen and oxygen atoms in total. The Kier molecular flexibility index (Phi) is 4.37. The van der Waals surface area contributed by atoms with Gasteiger partial charge in [-0.25, -0.2) is 4.39 Å². The number of hydrogen-bond donors (Lipinski definition) is 2. The van der Waals surface area contributed by atoms with Crippen molar-refractivity contribution in [3.63, 3.8) is 0 Å². The number of halogens is 1. The molecule has 0 heterocycles. The number of nitrogens with one attached hydrogen (secondary N) is 1. The van der Waals surface area contributed by atoms with Crippen LogP contribution in [0.15, 0.2) is 18.2 Å². The molecule has 1 atom stereocenters. The summed E-state index contributed by atoms with van der Waals surface area (Å²) in [4.78, 5) is 11.5. The lowest BCUT2D eigenvalue weighted by molar-refractivity contribution is -0.123. The lowest BCUT2D eigenvalue weighted by Crippen LogP contribution is -2.30. The smallest absolute Gasteiger partial charge is 0.257 e. The van der Waals surface area contributed by atoms with Gasteiger partial charge in [0.2, 0.25) is 0 Å². The van der Waals surface area contributed by atoms with Crippen molar-refractivity contribution in [1.29, 1.82) is 0 Å². The standard InChI is InChI=1S/C14H19FN2O2/c1-9(16)11-4-5-13(12(15)6-11)19-8-14(18)17-7-10-2-3-10/h4-6,9-10H,2-3,7-8,16H2,1H3,(H,17,18)/t9-/m1/s1. The minimum atomic E-state index is -0.496. The van der Waals surface area contributed by atoms with E-state index in [1.807, 2.05) is 0 Å². The fourth-order valence-corrected chi connectivity index (χ4v) is 1.69. The highest BCUT2D eigenvalue weighted by molar-refractivity contribution is 5.77. The van der Waals surface area contributed by atoms with Crippen molar-refractivity contribution in [3.8, 4) is 5.75 Å². The molecule has 0 aliphatic heterocycles. The van der Waals surface area contributed by atoms with Gasteiger partial charge < -0.3 is 15.8 Å². The Bertz CT molecular complexity index is 459. The van der Waals surface area contributed by atoms with Crippen LogP contribution in [0.4, 0.5) is 4.39 Å². The average molecular weight is 266 g/mol. The van der Waals surface area contributed by atoms with Crippen LogP contribution < -0.4 is 15.8 Å². The van der Waals surface area contributed by atoms with Crippen LogP contribution in [0.25, 0.3) is 0 Å². The third kappa shape index (κ3) is 4.21. The van der Waals surface area contributed by atoms with Crippen LogP contribution in [0.5, 0.6) is 5.75 Å². The fourth-order valence-electron chi connectivity index (χ4n) is 1.69. The summed E-state index contributed by atoms with van der Waals surface area (Å²) in [5.74, 6) is -0.0238. The number of benzene rings is 1. The van der Waals surface area contributed by atoms with Crippen LogP contribution in [0, 0.1) is 11.7 Å². The van der Waals surface area contributed by atoms with Crippen molar-refractivity contribution in [1.82, 2.24) is 5.32 Å². The summed E-state index contributed by atoms with van der Waals surface area (Å²) < 4.78 is 18.8. The summed E-state index contributed by atoms with van der Waals surface area (Å²) >= 11 is 0. The average Bonchev–Trinajstić information content (AvgIpc) is 3.18. The molecule has 1 amide bonds. The summed E-state index contributed by atoms with van der Waals surface area (Å²) in [6, 6.07) is 4.31. The molecule has 19 heavy (non-hydrogen) atoms. The number of ether oxygens (including phenoxy) is 1. The Balaban J connectivity index is 1.82. The summed E-state index contributed by atoms with van der Waals surface area (Å²) in [6.45, 7) is 2.30. The Morgan fingerprint density at radius 3 is 2.89 bits per heavy atom. The maximum Gasteiger partial charge on any atom is 0.257 e. The van der Waals surface area contributed by atoms with Gasteiger partial charge in [-0.3, -0.25) is 4.79 Å². The molecule has 1 aromatic carbocycles. The first-order chi connectivity index (χ1) is 9.06. The van der Waals surface area contributed by atoms with Gasteiger partial charge in [0.05, 0.1) is 0 Å². The maximum absolute atomic E-state index is 13.7. The first-order valence-electron chi connectivity index (χ1n) is 6.51. The fraction of sp³-hybridized carbons (Fsp3) is 0.500. The van der Waals surface area contributed by atoms with Crippen LogP contribution in [0.3, 0.4) is 0 Å². The second kappa shape index (κ2) is 6.02. The van der Waals surface area contributed by atoms with Crippen molar-refractivity contribution in [2.45, 2.75) is 25.8 Å². The molecular weight excluding hydrogens is 247 g/mol. The Hall–Kier alpha value is -1.62. The quantitative estimate of drug-likeness (QED) is 0.824. The number of carbonyl (C=O) groups is 1. The van der Waals surface area contributed by atoms with E-state index in [2.05, 4.69) is 5.32 Å². The molecule has 1 fully saturated rings. The SMILES string of the molecule is C[C@@H](N)c1ccc(OCC(=O)NCC2CC2)c(F)c1. The molecule has 5 heteroatoms.